The zero-order valence-electron chi connectivity index (χ0n) is 11.4. The molecule has 1 aromatic rings. The largest absolute Gasteiger partial charge is 0.322 e. The van der Waals surface area contributed by atoms with Gasteiger partial charge in [0.15, 0.2) is 0 Å². The Labute approximate surface area is 123 Å². The number of benzene rings is 1. The van der Waals surface area contributed by atoms with E-state index in [-0.39, 0.29) is 6.03 Å². The van der Waals surface area contributed by atoms with Gasteiger partial charge in [0.25, 0.3) is 0 Å². The number of urea groups is 1. The highest BCUT2D eigenvalue weighted by Crippen LogP contribution is 2.20. The Morgan fingerprint density at radius 3 is 2.70 bits per heavy atom. The fourth-order valence-corrected chi connectivity index (χ4v) is 2.26. The number of hydrogen-bond acceptors (Lipinski definition) is 3. The van der Waals surface area contributed by atoms with Crippen LogP contribution in [0.25, 0.3) is 0 Å². The van der Waals surface area contributed by atoms with Gasteiger partial charge in [-0.25, -0.2) is 4.79 Å². The van der Waals surface area contributed by atoms with Crippen molar-refractivity contribution in [3.63, 3.8) is 0 Å². The van der Waals surface area contributed by atoms with Crippen LogP contribution in [0.5, 0.6) is 0 Å². The smallest absolute Gasteiger partial charge is 0.321 e. The summed E-state index contributed by atoms with van der Waals surface area (Å²) >= 11 is 6.03. The fraction of sp³-hybridized carbons (Fsp3) is 0.429. The summed E-state index contributed by atoms with van der Waals surface area (Å²) in [6.45, 7) is 5.07. The number of hydrogen-bond donors (Lipinski definition) is 1. The number of piperazine rings is 1. The summed E-state index contributed by atoms with van der Waals surface area (Å²) < 4.78 is 0. The molecule has 2 amide bonds. The molecule has 0 spiro atoms. The van der Waals surface area contributed by atoms with Gasteiger partial charge in [0.2, 0.25) is 0 Å². The van der Waals surface area contributed by atoms with E-state index in [1.807, 2.05) is 24.0 Å². The Kier molecular flexibility index (Phi) is 4.83. The molecule has 1 N–H and O–H groups in total. The van der Waals surface area contributed by atoms with Crippen LogP contribution in [0.2, 0.25) is 5.02 Å². The Hall–Kier alpha value is -1.77. The number of amides is 2. The Bertz CT molecular complexity index is 532. The number of nitriles is 1. The monoisotopic (exact) mass is 292 g/mol. The van der Waals surface area contributed by atoms with Crippen LogP contribution >= 0.6 is 11.6 Å². The zero-order valence-corrected chi connectivity index (χ0v) is 12.2. The van der Waals surface area contributed by atoms with E-state index >= 15 is 0 Å². The van der Waals surface area contributed by atoms with E-state index in [0.717, 1.165) is 18.7 Å². The summed E-state index contributed by atoms with van der Waals surface area (Å²) in [5.41, 5.74) is 1.68. The highest BCUT2D eigenvalue weighted by atomic mass is 35.5. The minimum Gasteiger partial charge on any atom is -0.322 e. The molecule has 1 aliphatic heterocycles. The summed E-state index contributed by atoms with van der Waals surface area (Å²) in [6, 6.07) is 7.47. The minimum atomic E-state index is -0.124. The van der Waals surface area contributed by atoms with Gasteiger partial charge in [0, 0.05) is 36.9 Å². The van der Waals surface area contributed by atoms with Crippen molar-refractivity contribution in [2.24, 2.45) is 0 Å². The average Bonchev–Trinajstić information content (AvgIpc) is 2.44. The van der Waals surface area contributed by atoms with Gasteiger partial charge in [-0.2, -0.15) is 5.26 Å². The molecule has 1 aliphatic rings. The van der Waals surface area contributed by atoms with Gasteiger partial charge < -0.3 is 10.2 Å². The second kappa shape index (κ2) is 6.60. The van der Waals surface area contributed by atoms with E-state index < -0.39 is 0 Å². The highest BCUT2D eigenvalue weighted by Gasteiger charge is 2.20. The molecule has 0 aromatic heterocycles. The SMILES string of the molecule is Cc1ccc(NC(=O)N2CCN(CC#N)CC2)cc1Cl. The lowest BCUT2D eigenvalue weighted by molar-refractivity contribution is 0.156. The molecule has 0 atom stereocenters. The third-order valence-electron chi connectivity index (χ3n) is 3.38. The third-order valence-corrected chi connectivity index (χ3v) is 3.78. The Morgan fingerprint density at radius 2 is 2.10 bits per heavy atom. The van der Waals surface area contributed by atoms with Crippen LogP contribution in [0.3, 0.4) is 0 Å². The van der Waals surface area contributed by atoms with E-state index in [1.165, 1.54) is 0 Å². The van der Waals surface area contributed by atoms with Crippen LogP contribution < -0.4 is 5.32 Å². The lowest BCUT2D eigenvalue weighted by atomic mass is 10.2. The van der Waals surface area contributed by atoms with Crippen molar-refractivity contribution in [1.82, 2.24) is 9.80 Å². The molecule has 5 nitrogen and oxygen atoms in total. The van der Waals surface area contributed by atoms with Gasteiger partial charge in [-0.15, -0.1) is 0 Å². The van der Waals surface area contributed by atoms with Gasteiger partial charge in [-0.1, -0.05) is 17.7 Å². The van der Waals surface area contributed by atoms with Gasteiger partial charge in [0.1, 0.15) is 0 Å². The van der Waals surface area contributed by atoms with E-state index in [9.17, 15) is 4.79 Å². The second-order valence-corrected chi connectivity index (χ2v) is 5.22. The summed E-state index contributed by atoms with van der Waals surface area (Å²) in [7, 11) is 0. The first-order valence-electron chi connectivity index (χ1n) is 6.51. The molecule has 106 valence electrons. The van der Waals surface area contributed by atoms with Gasteiger partial charge >= 0.3 is 6.03 Å². The van der Waals surface area contributed by atoms with Crippen LogP contribution in [-0.2, 0) is 0 Å². The van der Waals surface area contributed by atoms with Crippen molar-refractivity contribution in [1.29, 1.82) is 5.26 Å². The summed E-state index contributed by atoms with van der Waals surface area (Å²) in [5.74, 6) is 0. The first-order valence-corrected chi connectivity index (χ1v) is 6.89. The average molecular weight is 293 g/mol. The number of rotatable bonds is 2. The number of carbonyl (C=O) groups is 1. The van der Waals surface area contributed by atoms with Crippen LogP contribution in [0.15, 0.2) is 18.2 Å². The maximum absolute atomic E-state index is 12.1. The predicted molar refractivity (Wildman–Crippen MR) is 78.8 cm³/mol. The van der Waals surface area contributed by atoms with Crippen molar-refractivity contribution in [2.45, 2.75) is 6.92 Å². The van der Waals surface area contributed by atoms with Crippen molar-refractivity contribution in [3.05, 3.63) is 28.8 Å². The van der Waals surface area contributed by atoms with E-state index in [0.29, 0.717) is 30.3 Å². The number of anilines is 1. The van der Waals surface area contributed by atoms with E-state index in [2.05, 4.69) is 11.4 Å². The second-order valence-electron chi connectivity index (χ2n) is 4.82. The number of carbonyl (C=O) groups excluding carboxylic acids is 1. The summed E-state index contributed by atoms with van der Waals surface area (Å²) in [6.07, 6.45) is 0. The first kappa shape index (κ1) is 14.6. The number of nitrogens with one attached hydrogen (secondary N) is 1. The topological polar surface area (TPSA) is 59.4 Å². The molecule has 20 heavy (non-hydrogen) atoms. The van der Waals surface area contributed by atoms with Gasteiger partial charge in [-0.3, -0.25) is 4.90 Å². The quantitative estimate of drug-likeness (QED) is 0.851. The molecular weight excluding hydrogens is 276 g/mol. The standard InChI is InChI=1S/C14H17ClN4O/c1-11-2-3-12(10-13(11)15)17-14(20)19-8-6-18(5-4-16)7-9-19/h2-3,10H,5-9H2,1H3,(H,17,20). The van der Waals surface area contributed by atoms with Crippen LogP contribution in [-0.4, -0.2) is 48.6 Å². The molecule has 2 rings (SSSR count). The van der Waals surface area contributed by atoms with Crippen molar-refractivity contribution < 1.29 is 4.79 Å². The van der Waals surface area contributed by atoms with Gasteiger partial charge in [-0.05, 0) is 24.6 Å². The lowest BCUT2D eigenvalue weighted by Crippen LogP contribution is -2.50. The number of halogens is 1. The summed E-state index contributed by atoms with van der Waals surface area (Å²) in [5, 5.41) is 12.1. The number of nitrogens with zero attached hydrogens (tertiary/aromatic N) is 3. The van der Waals surface area contributed by atoms with E-state index in [4.69, 9.17) is 16.9 Å². The van der Waals surface area contributed by atoms with Crippen molar-refractivity contribution in [2.75, 3.05) is 38.0 Å². The van der Waals surface area contributed by atoms with E-state index in [1.54, 1.807) is 11.0 Å². The Morgan fingerprint density at radius 1 is 1.40 bits per heavy atom. The molecule has 1 heterocycles. The molecule has 0 saturated carbocycles. The van der Waals surface area contributed by atoms with Crippen LogP contribution in [0.1, 0.15) is 5.56 Å². The first-order chi connectivity index (χ1) is 9.60. The van der Waals surface area contributed by atoms with Crippen molar-refractivity contribution in [3.8, 4) is 6.07 Å². The third kappa shape index (κ3) is 3.62. The van der Waals surface area contributed by atoms with Crippen LogP contribution in [0.4, 0.5) is 10.5 Å². The maximum Gasteiger partial charge on any atom is 0.321 e. The Balaban J connectivity index is 1.89. The fourth-order valence-electron chi connectivity index (χ4n) is 2.08. The normalized spacial score (nSPS) is 15.8. The van der Waals surface area contributed by atoms with Gasteiger partial charge in [0.05, 0.1) is 12.6 Å². The molecule has 0 unspecified atom stereocenters. The zero-order chi connectivity index (χ0) is 14.5. The molecule has 6 heteroatoms. The molecule has 1 saturated heterocycles. The van der Waals surface area contributed by atoms with Crippen molar-refractivity contribution >= 4 is 23.3 Å². The minimum absolute atomic E-state index is 0.124. The molecule has 0 radical (unpaired) electrons. The molecule has 0 bridgehead atoms. The lowest BCUT2D eigenvalue weighted by Gasteiger charge is -2.33. The molecular formula is C14H17ClN4O. The molecule has 0 aliphatic carbocycles. The summed E-state index contributed by atoms with van der Waals surface area (Å²) in [4.78, 5) is 15.9. The highest BCUT2D eigenvalue weighted by molar-refractivity contribution is 6.31. The van der Waals surface area contributed by atoms with Crippen LogP contribution in [0, 0.1) is 18.3 Å². The number of aryl methyl sites for hydroxylation is 1. The maximum atomic E-state index is 12.1. The molecule has 1 fully saturated rings. The molecule has 1 aromatic carbocycles. The predicted octanol–water partition coefficient (Wildman–Crippen LogP) is 2.32.